The smallest absolute Gasteiger partial charge is 0.257 e. The summed E-state index contributed by atoms with van der Waals surface area (Å²) in [7, 11) is 0. The Morgan fingerprint density at radius 2 is 1.63 bits per heavy atom. The van der Waals surface area contributed by atoms with E-state index in [1.165, 1.54) is 0 Å². The van der Waals surface area contributed by atoms with Gasteiger partial charge in [0.15, 0.2) is 0 Å². The van der Waals surface area contributed by atoms with Crippen LogP contribution in [0.5, 0.6) is 5.75 Å². The minimum absolute atomic E-state index is 0.0210. The van der Waals surface area contributed by atoms with Gasteiger partial charge in [0.25, 0.3) is 11.8 Å². The molecule has 0 fully saturated rings. The van der Waals surface area contributed by atoms with Crippen LogP contribution in [0.25, 0.3) is 0 Å². The molecule has 6 heteroatoms. The quantitative estimate of drug-likeness (QED) is 0.469. The van der Waals surface area contributed by atoms with Crippen molar-refractivity contribution in [3.05, 3.63) is 101 Å². The van der Waals surface area contributed by atoms with E-state index in [0.29, 0.717) is 48.0 Å². The van der Waals surface area contributed by atoms with E-state index in [2.05, 4.69) is 12.1 Å². The molecule has 1 aliphatic heterocycles. The Morgan fingerprint density at radius 3 is 2.40 bits per heavy atom. The number of amides is 2. The van der Waals surface area contributed by atoms with Crippen molar-refractivity contribution >= 4 is 23.4 Å². The second kappa shape index (κ2) is 11.9. The van der Waals surface area contributed by atoms with Gasteiger partial charge in [-0.2, -0.15) is 0 Å². The largest absolute Gasteiger partial charge is 0.491 e. The van der Waals surface area contributed by atoms with E-state index in [1.54, 1.807) is 12.1 Å². The highest BCUT2D eigenvalue weighted by atomic mass is 35.5. The van der Waals surface area contributed by atoms with Crippen molar-refractivity contribution in [1.29, 1.82) is 0 Å². The molecule has 0 saturated heterocycles. The third-order valence-corrected chi connectivity index (χ3v) is 6.74. The molecule has 0 bridgehead atoms. The van der Waals surface area contributed by atoms with Gasteiger partial charge < -0.3 is 14.5 Å². The highest BCUT2D eigenvalue weighted by Crippen LogP contribution is 2.25. The molecule has 0 saturated carbocycles. The zero-order valence-electron chi connectivity index (χ0n) is 20.0. The van der Waals surface area contributed by atoms with Gasteiger partial charge in [0.2, 0.25) is 0 Å². The molecule has 0 radical (unpaired) electrons. The highest BCUT2D eigenvalue weighted by Gasteiger charge is 2.28. The van der Waals surface area contributed by atoms with Crippen LogP contribution in [-0.2, 0) is 6.42 Å². The molecule has 1 aliphatic rings. The summed E-state index contributed by atoms with van der Waals surface area (Å²) in [5.41, 5.74) is 2.16. The Bertz CT molecular complexity index is 1150. The molecule has 2 amide bonds. The second-order valence-corrected chi connectivity index (χ2v) is 9.13. The summed E-state index contributed by atoms with van der Waals surface area (Å²) in [6.07, 6.45) is 2.20. The van der Waals surface area contributed by atoms with Crippen molar-refractivity contribution in [1.82, 2.24) is 9.80 Å². The second-order valence-electron chi connectivity index (χ2n) is 8.72. The number of hydrogen-bond donors (Lipinski definition) is 0. The molecule has 0 aromatic heterocycles. The maximum absolute atomic E-state index is 13.8. The number of halogens is 1. The fourth-order valence-corrected chi connectivity index (χ4v) is 4.71. The number of para-hydroxylation sites is 1. The van der Waals surface area contributed by atoms with Gasteiger partial charge >= 0.3 is 0 Å². The van der Waals surface area contributed by atoms with E-state index >= 15 is 0 Å². The number of carbonyl (C=O) groups is 2. The van der Waals surface area contributed by atoms with Crippen LogP contribution in [0.3, 0.4) is 0 Å². The number of benzene rings is 3. The molecule has 5 nitrogen and oxygen atoms in total. The maximum atomic E-state index is 13.8. The van der Waals surface area contributed by atoms with Gasteiger partial charge in [0.1, 0.15) is 12.4 Å². The van der Waals surface area contributed by atoms with Crippen molar-refractivity contribution in [2.45, 2.75) is 32.2 Å². The van der Waals surface area contributed by atoms with Gasteiger partial charge in [0, 0.05) is 19.6 Å². The number of fused-ring (bicyclic) bond motifs is 1. The fourth-order valence-electron chi connectivity index (χ4n) is 4.50. The first-order valence-corrected chi connectivity index (χ1v) is 12.6. The van der Waals surface area contributed by atoms with Gasteiger partial charge in [-0.05, 0) is 56.0 Å². The summed E-state index contributed by atoms with van der Waals surface area (Å²) >= 11 is 6.42. The average Bonchev–Trinajstić information content (AvgIpc) is 2.89. The predicted octanol–water partition coefficient (Wildman–Crippen LogP) is 5.73. The van der Waals surface area contributed by atoms with E-state index in [4.69, 9.17) is 16.3 Å². The number of hydrogen-bond acceptors (Lipinski definition) is 3. The lowest BCUT2D eigenvalue weighted by molar-refractivity contribution is 0.0586. The fraction of sp³-hybridized carbons (Fsp3) is 0.310. The maximum Gasteiger partial charge on any atom is 0.257 e. The van der Waals surface area contributed by atoms with Crippen LogP contribution >= 0.6 is 11.6 Å². The lowest BCUT2D eigenvalue weighted by Gasteiger charge is -2.33. The predicted molar refractivity (Wildman–Crippen MR) is 139 cm³/mol. The molecular weight excluding hydrogens is 460 g/mol. The van der Waals surface area contributed by atoms with Crippen LogP contribution in [-0.4, -0.2) is 53.9 Å². The normalized spacial score (nSPS) is 17.1. The SMILES string of the molecule is CCN1CCCCN(C(=O)c2ccccc2Cl)[C@@H](Cc2ccccc2)COc2ccccc2C1=O. The first kappa shape index (κ1) is 24.8. The summed E-state index contributed by atoms with van der Waals surface area (Å²) in [5, 5.41) is 0.441. The minimum atomic E-state index is -0.231. The molecule has 0 N–H and O–H groups in total. The van der Waals surface area contributed by atoms with Crippen LogP contribution in [0.2, 0.25) is 5.02 Å². The molecule has 0 aliphatic carbocycles. The molecule has 1 heterocycles. The Morgan fingerprint density at radius 1 is 0.943 bits per heavy atom. The number of nitrogens with zero attached hydrogens (tertiary/aromatic N) is 2. The molecule has 182 valence electrons. The highest BCUT2D eigenvalue weighted by molar-refractivity contribution is 6.33. The van der Waals surface area contributed by atoms with Gasteiger partial charge in [0.05, 0.1) is 22.2 Å². The zero-order valence-corrected chi connectivity index (χ0v) is 20.8. The minimum Gasteiger partial charge on any atom is -0.491 e. The third kappa shape index (κ3) is 6.04. The van der Waals surface area contributed by atoms with Gasteiger partial charge in [-0.3, -0.25) is 9.59 Å². The van der Waals surface area contributed by atoms with E-state index in [9.17, 15) is 9.59 Å². The van der Waals surface area contributed by atoms with Gasteiger partial charge in [-0.25, -0.2) is 0 Å². The molecular formula is C29H31ClN2O3. The van der Waals surface area contributed by atoms with Crippen LogP contribution in [0.15, 0.2) is 78.9 Å². The van der Waals surface area contributed by atoms with Gasteiger partial charge in [-0.1, -0.05) is 66.2 Å². The van der Waals surface area contributed by atoms with E-state index < -0.39 is 0 Å². The molecule has 0 spiro atoms. The Hall–Kier alpha value is -3.31. The molecule has 1 atom stereocenters. The first-order valence-electron chi connectivity index (χ1n) is 12.2. The van der Waals surface area contributed by atoms with Crippen molar-refractivity contribution in [3.63, 3.8) is 0 Å². The Kier molecular flexibility index (Phi) is 8.43. The van der Waals surface area contributed by atoms with Crippen molar-refractivity contribution < 1.29 is 14.3 Å². The van der Waals surface area contributed by atoms with E-state index in [1.807, 2.05) is 71.3 Å². The van der Waals surface area contributed by atoms with Crippen molar-refractivity contribution in [2.24, 2.45) is 0 Å². The lowest BCUT2D eigenvalue weighted by atomic mass is 10.0. The Labute approximate surface area is 212 Å². The van der Waals surface area contributed by atoms with Crippen LogP contribution in [0.4, 0.5) is 0 Å². The number of ether oxygens (including phenoxy) is 1. The monoisotopic (exact) mass is 490 g/mol. The molecule has 3 aromatic carbocycles. The summed E-state index contributed by atoms with van der Waals surface area (Å²) < 4.78 is 6.28. The molecule has 3 aromatic rings. The summed E-state index contributed by atoms with van der Waals surface area (Å²) in [6, 6.07) is 24.4. The summed E-state index contributed by atoms with van der Waals surface area (Å²) in [5.74, 6) is 0.418. The number of carbonyl (C=O) groups excluding carboxylic acids is 2. The number of rotatable bonds is 4. The Balaban J connectivity index is 1.71. The van der Waals surface area contributed by atoms with Gasteiger partial charge in [-0.15, -0.1) is 0 Å². The van der Waals surface area contributed by atoms with Crippen molar-refractivity contribution in [3.8, 4) is 5.75 Å². The lowest BCUT2D eigenvalue weighted by Crippen LogP contribution is -2.46. The topological polar surface area (TPSA) is 49.9 Å². The van der Waals surface area contributed by atoms with Crippen molar-refractivity contribution in [2.75, 3.05) is 26.2 Å². The summed E-state index contributed by atoms with van der Waals surface area (Å²) in [4.78, 5) is 30.7. The van der Waals surface area contributed by atoms with Crippen LogP contribution in [0, 0.1) is 0 Å². The van der Waals surface area contributed by atoms with E-state index in [0.717, 1.165) is 18.4 Å². The standard InChI is InChI=1S/C29H31ClN2O3/c1-2-31-18-10-11-19-32(29(34)24-14-6-8-16-26(24)30)23(20-22-12-4-3-5-13-22)21-35-27-17-9-7-15-25(27)28(31)33/h3-9,12-17,23H,2,10-11,18-21H2,1H3/t23-/m0/s1. The molecule has 35 heavy (non-hydrogen) atoms. The van der Waals surface area contributed by atoms with Crippen LogP contribution < -0.4 is 4.74 Å². The van der Waals surface area contributed by atoms with Crippen LogP contribution in [0.1, 0.15) is 46.0 Å². The molecule has 4 rings (SSSR count). The zero-order chi connectivity index (χ0) is 24.6. The average molecular weight is 491 g/mol. The van der Waals surface area contributed by atoms with E-state index in [-0.39, 0.29) is 24.5 Å². The summed E-state index contributed by atoms with van der Waals surface area (Å²) in [6.45, 7) is 4.05. The first-order chi connectivity index (χ1) is 17.1. The molecule has 0 unspecified atom stereocenters. The third-order valence-electron chi connectivity index (χ3n) is 6.41.